The lowest BCUT2D eigenvalue weighted by Gasteiger charge is -2.41. The molecule has 2 amide bonds. The van der Waals surface area contributed by atoms with Crippen LogP contribution in [0.4, 0.5) is 28.9 Å². The van der Waals surface area contributed by atoms with E-state index in [4.69, 9.17) is 0 Å². The summed E-state index contributed by atoms with van der Waals surface area (Å²) >= 11 is 0. The zero-order valence-corrected chi connectivity index (χ0v) is 31.6. The predicted molar refractivity (Wildman–Crippen MR) is 200 cm³/mol. The van der Waals surface area contributed by atoms with Crippen LogP contribution in [-0.2, 0) is 26.8 Å². The molecule has 6 rings (SSSR count). The van der Waals surface area contributed by atoms with Crippen molar-refractivity contribution >= 4 is 36.8 Å². The highest BCUT2D eigenvalue weighted by Crippen LogP contribution is 2.50. The van der Waals surface area contributed by atoms with Crippen molar-refractivity contribution in [2.45, 2.75) is 83.1 Å². The quantitative estimate of drug-likeness (QED) is 0.0718. The van der Waals surface area contributed by atoms with Gasteiger partial charge in [-0.3, -0.25) is 19.1 Å². The van der Waals surface area contributed by atoms with E-state index in [2.05, 4.69) is 20.4 Å². The van der Waals surface area contributed by atoms with Gasteiger partial charge in [0.1, 0.15) is 11.9 Å². The molecule has 1 aromatic heterocycles. The molecule has 1 aliphatic heterocycles. The fourth-order valence-corrected chi connectivity index (χ4v) is 9.68. The third kappa shape index (κ3) is 8.82. The van der Waals surface area contributed by atoms with Crippen LogP contribution >= 0.6 is 7.67 Å². The Hall–Kier alpha value is -5.05. The fraction of sp³-hybridized carbons (Fsp3) is 0.385. The molecule has 0 spiro atoms. The van der Waals surface area contributed by atoms with E-state index in [1.54, 1.807) is 37.3 Å². The van der Waals surface area contributed by atoms with Gasteiger partial charge in [0.2, 0.25) is 5.91 Å². The van der Waals surface area contributed by atoms with Crippen LogP contribution in [-0.4, -0.2) is 61.3 Å². The molecule has 2 heterocycles. The van der Waals surface area contributed by atoms with Crippen molar-refractivity contribution in [2.24, 2.45) is 5.92 Å². The van der Waals surface area contributed by atoms with Gasteiger partial charge in [-0.2, -0.15) is 13.2 Å². The van der Waals surface area contributed by atoms with Gasteiger partial charge in [-0.15, -0.1) is 0 Å². The first-order valence-electron chi connectivity index (χ1n) is 18.3. The van der Waals surface area contributed by atoms with Crippen molar-refractivity contribution in [3.8, 4) is 0 Å². The number of amides is 2. The molecular weight excluding hydrogens is 755 g/mol. The zero-order valence-electron chi connectivity index (χ0n) is 30.7. The Labute approximate surface area is 320 Å². The van der Waals surface area contributed by atoms with Gasteiger partial charge in [-0.1, -0.05) is 43.2 Å². The number of carboxylic acids is 1. The van der Waals surface area contributed by atoms with Crippen molar-refractivity contribution in [1.29, 1.82) is 0 Å². The summed E-state index contributed by atoms with van der Waals surface area (Å²) in [6.45, 7) is 3.04. The SMILES string of the molecule is Cc1ccc(NC(=O)[C@H]2CCCN(C(=O)c3c(C)cccc3F)[C@H]2c2ccc(N(C3CCCC3)P(=O)(O)N[C@@H](Cc3c[nH]cn3)C(=O)O)cc2)cc1C(F)(F)F. The number of H-pyrrole nitrogens is 1. The first-order chi connectivity index (χ1) is 26.5. The topological polar surface area (TPSA) is 168 Å². The fourth-order valence-electron chi connectivity index (χ4n) is 7.82. The maximum absolute atomic E-state index is 15.2. The lowest BCUT2D eigenvalue weighted by atomic mass is 9.83. The van der Waals surface area contributed by atoms with Crippen LogP contribution in [0.1, 0.15) is 82.9 Å². The molecule has 1 saturated heterocycles. The maximum atomic E-state index is 15.2. The van der Waals surface area contributed by atoms with Crippen LogP contribution < -0.4 is 15.1 Å². The number of hydrogen-bond acceptors (Lipinski definition) is 5. The van der Waals surface area contributed by atoms with Crippen LogP contribution in [0.5, 0.6) is 0 Å². The number of aromatic amines is 1. The number of anilines is 2. The van der Waals surface area contributed by atoms with E-state index in [0.717, 1.165) is 25.0 Å². The molecule has 1 unspecified atom stereocenters. The normalized spacial score (nSPS) is 19.3. The number of nitrogens with zero attached hydrogens (tertiary/aromatic N) is 3. The molecule has 2 fully saturated rings. The van der Waals surface area contributed by atoms with Crippen LogP contribution in [0.3, 0.4) is 0 Å². The smallest absolute Gasteiger partial charge is 0.416 e. The zero-order chi connectivity index (χ0) is 40.4. The number of likely N-dealkylation sites (tertiary alicyclic amines) is 1. The standard InChI is InChI=1S/C39H43F4N6O6P/c1-23-12-15-26(19-31(23)39(41,42)43)46-36(50)30-10-6-18-48(37(51)34-24(2)7-5-11-32(34)40)35(30)25-13-16-29(17-14-25)49(28-8-3-4-9-28)56(54,55)47-33(38(52)53)20-27-21-44-22-45-27/h5,7,11-17,19,21-22,28,30,33,35H,3-4,6,8-10,18,20H2,1-2H3,(H,44,45)(H,46,50)(H,52,53)(H2,47,54,55)/t30-,33-,35-/m0/s1. The summed E-state index contributed by atoms with van der Waals surface area (Å²) in [7, 11) is -4.60. The van der Waals surface area contributed by atoms with Gasteiger partial charge >= 0.3 is 19.8 Å². The summed E-state index contributed by atoms with van der Waals surface area (Å²) in [4.78, 5) is 60.2. The van der Waals surface area contributed by atoms with Crippen LogP contribution in [0.15, 0.2) is 73.2 Å². The maximum Gasteiger partial charge on any atom is 0.416 e. The van der Waals surface area contributed by atoms with E-state index in [-0.39, 0.29) is 41.9 Å². The predicted octanol–water partition coefficient (Wildman–Crippen LogP) is 7.55. The molecule has 17 heteroatoms. The molecular formula is C39H43F4N6O6P. The highest BCUT2D eigenvalue weighted by molar-refractivity contribution is 7.57. The Bertz CT molecular complexity index is 2090. The number of nitrogens with one attached hydrogen (secondary N) is 3. The van der Waals surface area contributed by atoms with E-state index >= 15 is 4.39 Å². The minimum atomic E-state index is -4.66. The number of aryl methyl sites for hydroxylation is 2. The first kappa shape index (κ1) is 40.6. The van der Waals surface area contributed by atoms with Gasteiger partial charge in [0.05, 0.1) is 35.1 Å². The van der Waals surface area contributed by atoms with E-state index in [0.29, 0.717) is 36.1 Å². The summed E-state index contributed by atoms with van der Waals surface area (Å²) in [6.07, 6.45) is 1.32. The number of imidazole rings is 1. The highest BCUT2D eigenvalue weighted by atomic mass is 31.2. The second kappa shape index (κ2) is 16.6. The lowest BCUT2D eigenvalue weighted by Crippen LogP contribution is -2.47. The van der Waals surface area contributed by atoms with Gasteiger partial charge in [-0.05, 0) is 86.6 Å². The number of carbonyl (C=O) groups is 3. The van der Waals surface area contributed by atoms with Crippen molar-refractivity contribution < 1.29 is 46.5 Å². The average molecular weight is 799 g/mol. The van der Waals surface area contributed by atoms with Gasteiger partial charge in [0.25, 0.3) is 5.91 Å². The number of benzene rings is 3. The largest absolute Gasteiger partial charge is 0.480 e. The second-order valence-corrected chi connectivity index (χ2v) is 16.1. The van der Waals surface area contributed by atoms with Crippen molar-refractivity contribution in [3.05, 3.63) is 113 Å². The summed E-state index contributed by atoms with van der Waals surface area (Å²) in [5.41, 5.74) is 0.268. The summed E-state index contributed by atoms with van der Waals surface area (Å²) in [5.74, 6) is -4.40. The molecule has 4 atom stereocenters. The molecule has 1 saturated carbocycles. The van der Waals surface area contributed by atoms with Gasteiger partial charge in [-0.25, -0.2) is 19.0 Å². The van der Waals surface area contributed by atoms with E-state index in [1.165, 1.54) is 47.2 Å². The van der Waals surface area contributed by atoms with Crippen molar-refractivity contribution in [2.75, 3.05) is 16.5 Å². The second-order valence-electron chi connectivity index (χ2n) is 14.3. The summed E-state index contributed by atoms with van der Waals surface area (Å²) in [6, 6.07) is 11.1. The molecule has 56 heavy (non-hydrogen) atoms. The molecule has 0 bridgehead atoms. The molecule has 3 aromatic carbocycles. The van der Waals surface area contributed by atoms with E-state index in [1.807, 2.05) is 0 Å². The van der Waals surface area contributed by atoms with Gasteiger partial charge < -0.3 is 25.2 Å². The first-order valence-corrected chi connectivity index (χ1v) is 19.9. The van der Waals surface area contributed by atoms with E-state index < -0.39 is 67.1 Å². The number of carboxylic acid groups (broad SMARTS) is 1. The number of halogens is 4. The van der Waals surface area contributed by atoms with Gasteiger partial charge in [0, 0.05) is 36.6 Å². The number of aliphatic carboxylic acids is 1. The molecule has 2 aliphatic rings. The molecule has 1 aliphatic carbocycles. The Balaban J connectivity index is 1.36. The summed E-state index contributed by atoms with van der Waals surface area (Å²) in [5, 5.41) is 15.0. The molecule has 12 nitrogen and oxygen atoms in total. The Morgan fingerprint density at radius 3 is 2.36 bits per heavy atom. The molecule has 4 aromatic rings. The molecule has 298 valence electrons. The Morgan fingerprint density at radius 2 is 1.73 bits per heavy atom. The highest BCUT2D eigenvalue weighted by Gasteiger charge is 2.43. The van der Waals surface area contributed by atoms with Gasteiger partial charge in [0.15, 0.2) is 0 Å². The minimum absolute atomic E-state index is 0.0198. The number of alkyl halides is 3. The number of rotatable bonds is 12. The third-order valence-electron chi connectivity index (χ3n) is 10.5. The number of carbonyl (C=O) groups excluding carboxylic acids is 2. The lowest BCUT2D eigenvalue weighted by molar-refractivity contribution is -0.139. The van der Waals surface area contributed by atoms with E-state index in [9.17, 15) is 42.1 Å². The third-order valence-corrected chi connectivity index (χ3v) is 12.3. The Kier molecular flexibility index (Phi) is 12.0. The molecule has 0 radical (unpaired) electrons. The number of aromatic nitrogens is 2. The van der Waals surface area contributed by atoms with Crippen molar-refractivity contribution in [1.82, 2.24) is 20.0 Å². The van der Waals surface area contributed by atoms with Crippen LogP contribution in [0, 0.1) is 25.6 Å². The monoisotopic (exact) mass is 798 g/mol. The molecule has 5 N–H and O–H groups in total. The average Bonchev–Trinajstić information content (AvgIpc) is 3.87. The minimum Gasteiger partial charge on any atom is -0.480 e. The van der Waals surface area contributed by atoms with Crippen LogP contribution in [0.2, 0.25) is 0 Å². The number of piperidine rings is 1. The van der Waals surface area contributed by atoms with Crippen LogP contribution in [0.25, 0.3) is 0 Å². The number of hydrogen-bond donors (Lipinski definition) is 5. The summed E-state index contributed by atoms with van der Waals surface area (Å²) < 4.78 is 72.0. The van der Waals surface area contributed by atoms with Crippen molar-refractivity contribution in [3.63, 3.8) is 0 Å². The Morgan fingerprint density at radius 1 is 1.02 bits per heavy atom.